The van der Waals surface area contributed by atoms with Gasteiger partial charge in [-0.05, 0) is 31.2 Å². The summed E-state index contributed by atoms with van der Waals surface area (Å²) in [5, 5.41) is 8.55. The fraction of sp³-hybridized carbons (Fsp3) is 0.364. The summed E-state index contributed by atoms with van der Waals surface area (Å²) < 4.78 is 10.5. The van der Waals surface area contributed by atoms with Crippen molar-refractivity contribution >= 4 is 5.97 Å². The van der Waals surface area contributed by atoms with Crippen molar-refractivity contribution in [2.24, 2.45) is 5.73 Å². The van der Waals surface area contributed by atoms with E-state index in [1.165, 1.54) is 0 Å². The summed E-state index contributed by atoms with van der Waals surface area (Å²) in [6.07, 6.45) is 0. The Hall–Kier alpha value is -1.75. The average molecular weight is 225 g/mol. The third kappa shape index (κ3) is 3.78. The predicted octanol–water partition coefficient (Wildman–Crippen LogP) is 0.876. The molecular formula is C11H15NO4. The highest BCUT2D eigenvalue weighted by Gasteiger charge is 2.11. The van der Waals surface area contributed by atoms with Crippen LogP contribution in [0.5, 0.6) is 11.5 Å². The SMILES string of the molecule is CCOc1ccc(OCC(N)C(=O)O)cc1. The summed E-state index contributed by atoms with van der Waals surface area (Å²) in [6, 6.07) is 5.92. The molecule has 0 bridgehead atoms. The lowest BCUT2D eigenvalue weighted by atomic mass is 10.3. The molecule has 0 aliphatic carbocycles. The molecule has 16 heavy (non-hydrogen) atoms. The lowest BCUT2D eigenvalue weighted by Gasteiger charge is -2.09. The first-order chi connectivity index (χ1) is 7.63. The molecule has 1 aromatic carbocycles. The molecule has 0 aliphatic rings. The number of carbonyl (C=O) groups is 1. The lowest BCUT2D eigenvalue weighted by molar-refractivity contribution is -0.139. The Morgan fingerprint density at radius 2 is 1.81 bits per heavy atom. The highest BCUT2D eigenvalue weighted by atomic mass is 16.5. The maximum absolute atomic E-state index is 10.4. The Balaban J connectivity index is 2.46. The van der Waals surface area contributed by atoms with E-state index >= 15 is 0 Å². The number of carboxylic acids is 1. The molecule has 0 heterocycles. The monoisotopic (exact) mass is 225 g/mol. The van der Waals surface area contributed by atoms with Crippen LogP contribution in [0.2, 0.25) is 0 Å². The third-order valence-corrected chi connectivity index (χ3v) is 1.88. The summed E-state index contributed by atoms with van der Waals surface area (Å²) in [7, 11) is 0. The summed E-state index contributed by atoms with van der Waals surface area (Å²) in [4.78, 5) is 10.4. The third-order valence-electron chi connectivity index (χ3n) is 1.88. The number of hydrogen-bond acceptors (Lipinski definition) is 4. The molecule has 1 rings (SSSR count). The van der Waals surface area contributed by atoms with Gasteiger partial charge in [0.1, 0.15) is 24.1 Å². The van der Waals surface area contributed by atoms with Crippen molar-refractivity contribution in [3.8, 4) is 11.5 Å². The van der Waals surface area contributed by atoms with E-state index in [1.807, 2.05) is 6.92 Å². The van der Waals surface area contributed by atoms with Crippen molar-refractivity contribution in [1.82, 2.24) is 0 Å². The van der Waals surface area contributed by atoms with Gasteiger partial charge in [0.15, 0.2) is 0 Å². The van der Waals surface area contributed by atoms with Crippen LogP contribution in [0.3, 0.4) is 0 Å². The molecule has 5 nitrogen and oxygen atoms in total. The molecule has 88 valence electrons. The van der Waals surface area contributed by atoms with E-state index < -0.39 is 12.0 Å². The molecule has 0 saturated carbocycles. The molecular weight excluding hydrogens is 210 g/mol. The Kier molecular flexibility index (Phi) is 4.60. The number of rotatable bonds is 6. The smallest absolute Gasteiger partial charge is 0.324 e. The summed E-state index contributed by atoms with van der Waals surface area (Å²) in [6.45, 7) is 2.45. The van der Waals surface area contributed by atoms with Crippen LogP contribution >= 0.6 is 0 Å². The number of carboxylic acid groups (broad SMARTS) is 1. The normalized spacial score (nSPS) is 11.9. The molecule has 0 fully saturated rings. The molecule has 1 atom stereocenters. The minimum atomic E-state index is -1.08. The number of ether oxygens (including phenoxy) is 2. The standard InChI is InChI=1S/C11H15NO4/c1-2-15-8-3-5-9(6-4-8)16-7-10(12)11(13)14/h3-6,10H,2,7,12H2,1H3,(H,13,14). The zero-order chi connectivity index (χ0) is 12.0. The maximum Gasteiger partial charge on any atom is 0.324 e. The van der Waals surface area contributed by atoms with E-state index in [0.717, 1.165) is 5.75 Å². The Bertz CT molecular complexity index is 336. The van der Waals surface area contributed by atoms with Gasteiger partial charge < -0.3 is 20.3 Å². The summed E-state index contributed by atoms with van der Waals surface area (Å²) >= 11 is 0. The molecule has 5 heteroatoms. The number of nitrogens with two attached hydrogens (primary N) is 1. The van der Waals surface area contributed by atoms with E-state index in [2.05, 4.69) is 0 Å². The zero-order valence-corrected chi connectivity index (χ0v) is 9.05. The molecule has 0 spiro atoms. The number of aliphatic carboxylic acids is 1. The van der Waals surface area contributed by atoms with E-state index in [0.29, 0.717) is 12.4 Å². The first-order valence-corrected chi connectivity index (χ1v) is 4.97. The van der Waals surface area contributed by atoms with Crippen molar-refractivity contribution < 1.29 is 19.4 Å². The van der Waals surface area contributed by atoms with Crippen molar-refractivity contribution in [3.63, 3.8) is 0 Å². The molecule has 0 aliphatic heterocycles. The van der Waals surface area contributed by atoms with Crippen molar-refractivity contribution in [3.05, 3.63) is 24.3 Å². The van der Waals surface area contributed by atoms with E-state index in [9.17, 15) is 4.79 Å². The van der Waals surface area contributed by atoms with Gasteiger partial charge in [-0.25, -0.2) is 0 Å². The van der Waals surface area contributed by atoms with Crippen LogP contribution in [0.1, 0.15) is 6.92 Å². The molecule has 0 amide bonds. The molecule has 0 saturated heterocycles. The quantitative estimate of drug-likeness (QED) is 0.750. The van der Waals surface area contributed by atoms with Gasteiger partial charge in [-0.15, -0.1) is 0 Å². The second-order valence-corrected chi connectivity index (χ2v) is 3.16. The van der Waals surface area contributed by atoms with Crippen LogP contribution in [0.25, 0.3) is 0 Å². The van der Waals surface area contributed by atoms with E-state index in [-0.39, 0.29) is 6.61 Å². The molecule has 0 aromatic heterocycles. The number of benzene rings is 1. The van der Waals surface area contributed by atoms with Gasteiger partial charge in [0.05, 0.1) is 6.61 Å². The van der Waals surface area contributed by atoms with Crippen LogP contribution in [0.15, 0.2) is 24.3 Å². The van der Waals surface area contributed by atoms with E-state index in [1.54, 1.807) is 24.3 Å². The van der Waals surface area contributed by atoms with Crippen LogP contribution in [-0.4, -0.2) is 30.3 Å². The van der Waals surface area contributed by atoms with Gasteiger partial charge in [0.2, 0.25) is 0 Å². The molecule has 1 unspecified atom stereocenters. The van der Waals surface area contributed by atoms with Gasteiger partial charge in [0.25, 0.3) is 0 Å². The second-order valence-electron chi connectivity index (χ2n) is 3.16. The molecule has 3 N–H and O–H groups in total. The van der Waals surface area contributed by atoms with Gasteiger partial charge in [0, 0.05) is 0 Å². The Morgan fingerprint density at radius 3 is 2.25 bits per heavy atom. The average Bonchev–Trinajstić information content (AvgIpc) is 2.28. The van der Waals surface area contributed by atoms with Crippen LogP contribution in [0.4, 0.5) is 0 Å². The molecule has 1 aromatic rings. The van der Waals surface area contributed by atoms with Gasteiger partial charge in [-0.1, -0.05) is 0 Å². The van der Waals surface area contributed by atoms with Crippen LogP contribution < -0.4 is 15.2 Å². The Labute approximate surface area is 93.8 Å². The van der Waals surface area contributed by atoms with Crippen LogP contribution in [0, 0.1) is 0 Å². The largest absolute Gasteiger partial charge is 0.494 e. The van der Waals surface area contributed by atoms with Gasteiger partial charge >= 0.3 is 5.97 Å². The van der Waals surface area contributed by atoms with Gasteiger partial charge in [-0.3, -0.25) is 4.79 Å². The highest BCUT2D eigenvalue weighted by molar-refractivity contribution is 5.73. The Morgan fingerprint density at radius 1 is 1.31 bits per heavy atom. The van der Waals surface area contributed by atoms with Crippen LogP contribution in [-0.2, 0) is 4.79 Å². The minimum Gasteiger partial charge on any atom is -0.494 e. The summed E-state index contributed by atoms with van der Waals surface area (Å²) in [5.74, 6) is 0.239. The second kappa shape index (κ2) is 5.97. The summed E-state index contributed by atoms with van der Waals surface area (Å²) in [5.41, 5.74) is 5.29. The predicted molar refractivity (Wildman–Crippen MR) is 58.7 cm³/mol. The fourth-order valence-electron chi connectivity index (χ4n) is 1.06. The highest BCUT2D eigenvalue weighted by Crippen LogP contribution is 2.17. The lowest BCUT2D eigenvalue weighted by Crippen LogP contribution is -2.36. The van der Waals surface area contributed by atoms with E-state index in [4.69, 9.17) is 20.3 Å². The zero-order valence-electron chi connectivity index (χ0n) is 9.05. The van der Waals surface area contributed by atoms with Gasteiger partial charge in [-0.2, -0.15) is 0 Å². The number of hydrogen-bond donors (Lipinski definition) is 2. The van der Waals surface area contributed by atoms with Crippen molar-refractivity contribution in [1.29, 1.82) is 0 Å². The van der Waals surface area contributed by atoms with Crippen molar-refractivity contribution in [2.45, 2.75) is 13.0 Å². The minimum absolute atomic E-state index is 0.0523. The topological polar surface area (TPSA) is 81.8 Å². The first-order valence-electron chi connectivity index (χ1n) is 4.97. The maximum atomic E-state index is 10.4. The fourth-order valence-corrected chi connectivity index (χ4v) is 1.06. The first kappa shape index (κ1) is 12.3. The van der Waals surface area contributed by atoms with Crippen molar-refractivity contribution in [2.75, 3.05) is 13.2 Å². The molecule has 0 radical (unpaired) electrons.